The first-order chi connectivity index (χ1) is 9.31. The zero-order valence-corrected chi connectivity index (χ0v) is 11.9. The van der Waals surface area contributed by atoms with Crippen LogP contribution < -0.4 is 10.6 Å². The lowest BCUT2D eigenvalue weighted by molar-refractivity contribution is -0.122. The smallest absolute Gasteiger partial charge is 0.234 e. The maximum Gasteiger partial charge on any atom is 0.234 e. The number of piperidine rings is 1. The van der Waals surface area contributed by atoms with Gasteiger partial charge in [0.25, 0.3) is 0 Å². The molecule has 0 bridgehead atoms. The molecule has 1 amide bonds. The highest BCUT2D eigenvalue weighted by molar-refractivity contribution is 5.78. The number of fused-ring (bicyclic) bond motifs is 1. The van der Waals surface area contributed by atoms with E-state index < -0.39 is 0 Å². The molecule has 3 rings (SSSR count). The van der Waals surface area contributed by atoms with Gasteiger partial charge in [-0.3, -0.25) is 9.69 Å². The van der Waals surface area contributed by atoms with Crippen LogP contribution in [-0.2, 0) is 4.79 Å². The average Bonchev–Trinajstić information content (AvgIpc) is 2.81. The van der Waals surface area contributed by atoms with Crippen molar-refractivity contribution in [3.8, 4) is 0 Å². The quantitative estimate of drug-likeness (QED) is 0.804. The number of likely N-dealkylation sites (tertiary alicyclic amines) is 1. The number of hydrogen-bond donors (Lipinski definition) is 2. The standard InChI is InChI=1S/C15H27N3O/c19-15(17-13-6-2-1-3-7-13)11-18-9-12-5-4-8-16-14(12)10-18/h12-14,16H,1-11H2,(H,17,19)/t12-,14+/m0/s1. The molecule has 0 radical (unpaired) electrons. The second-order valence-electron chi connectivity index (χ2n) is 6.56. The summed E-state index contributed by atoms with van der Waals surface area (Å²) < 4.78 is 0. The molecule has 2 heterocycles. The summed E-state index contributed by atoms with van der Waals surface area (Å²) in [6, 6.07) is 1.08. The summed E-state index contributed by atoms with van der Waals surface area (Å²) in [7, 11) is 0. The molecule has 19 heavy (non-hydrogen) atoms. The number of carbonyl (C=O) groups excluding carboxylic acids is 1. The Balaban J connectivity index is 1.42. The Kier molecular flexibility index (Phi) is 4.38. The van der Waals surface area contributed by atoms with E-state index in [-0.39, 0.29) is 5.91 Å². The maximum atomic E-state index is 12.1. The van der Waals surface area contributed by atoms with E-state index in [1.54, 1.807) is 0 Å². The van der Waals surface area contributed by atoms with E-state index in [0.29, 0.717) is 18.6 Å². The van der Waals surface area contributed by atoms with E-state index in [1.807, 2.05) is 0 Å². The van der Waals surface area contributed by atoms with Crippen molar-refractivity contribution < 1.29 is 4.79 Å². The van der Waals surface area contributed by atoms with Crippen LogP contribution in [0.15, 0.2) is 0 Å². The van der Waals surface area contributed by atoms with Crippen molar-refractivity contribution in [3.63, 3.8) is 0 Å². The van der Waals surface area contributed by atoms with Crippen molar-refractivity contribution in [2.45, 2.75) is 57.0 Å². The first kappa shape index (κ1) is 13.4. The second-order valence-corrected chi connectivity index (χ2v) is 6.56. The fourth-order valence-corrected chi connectivity index (χ4v) is 3.99. The molecule has 0 aromatic rings. The zero-order valence-electron chi connectivity index (χ0n) is 11.9. The molecule has 4 heteroatoms. The molecule has 2 aliphatic heterocycles. The van der Waals surface area contributed by atoms with Crippen molar-refractivity contribution in [1.82, 2.24) is 15.5 Å². The van der Waals surface area contributed by atoms with Crippen LogP contribution in [0.1, 0.15) is 44.9 Å². The van der Waals surface area contributed by atoms with Gasteiger partial charge in [-0.2, -0.15) is 0 Å². The van der Waals surface area contributed by atoms with E-state index >= 15 is 0 Å². The van der Waals surface area contributed by atoms with Crippen LogP contribution >= 0.6 is 0 Å². The predicted octanol–water partition coefficient (Wildman–Crippen LogP) is 1.12. The van der Waals surface area contributed by atoms with Gasteiger partial charge >= 0.3 is 0 Å². The topological polar surface area (TPSA) is 44.4 Å². The van der Waals surface area contributed by atoms with Gasteiger partial charge in [-0.25, -0.2) is 0 Å². The van der Waals surface area contributed by atoms with Crippen LogP contribution in [-0.4, -0.2) is 49.1 Å². The highest BCUT2D eigenvalue weighted by Gasteiger charge is 2.34. The minimum Gasteiger partial charge on any atom is -0.352 e. The van der Waals surface area contributed by atoms with Gasteiger partial charge in [0.15, 0.2) is 0 Å². The summed E-state index contributed by atoms with van der Waals surface area (Å²) in [6.45, 7) is 3.92. The molecule has 3 aliphatic rings. The lowest BCUT2D eigenvalue weighted by atomic mass is 9.94. The lowest BCUT2D eigenvalue weighted by Gasteiger charge is -2.24. The largest absolute Gasteiger partial charge is 0.352 e. The van der Waals surface area contributed by atoms with E-state index in [9.17, 15) is 4.79 Å². The Morgan fingerprint density at radius 2 is 1.95 bits per heavy atom. The van der Waals surface area contributed by atoms with Gasteiger partial charge < -0.3 is 10.6 Å². The summed E-state index contributed by atoms with van der Waals surface area (Å²) in [5.74, 6) is 1.02. The minimum absolute atomic E-state index is 0.241. The zero-order chi connectivity index (χ0) is 13.1. The number of carbonyl (C=O) groups is 1. The van der Waals surface area contributed by atoms with Gasteiger partial charge in [-0.15, -0.1) is 0 Å². The number of nitrogens with one attached hydrogen (secondary N) is 2. The summed E-state index contributed by atoms with van der Waals surface area (Å²) in [6.07, 6.45) is 8.89. The van der Waals surface area contributed by atoms with E-state index in [2.05, 4.69) is 15.5 Å². The number of rotatable bonds is 3. The average molecular weight is 265 g/mol. The number of amides is 1. The van der Waals surface area contributed by atoms with E-state index in [4.69, 9.17) is 0 Å². The Labute approximate surface area is 116 Å². The Bertz CT molecular complexity index is 301. The fraction of sp³-hybridized carbons (Fsp3) is 0.933. The molecule has 2 N–H and O–H groups in total. The molecule has 2 saturated heterocycles. The second kappa shape index (κ2) is 6.23. The molecule has 0 spiro atoms. The van der Waals surface area contributed by atoms with Gasteiger partial charge in [-0.05, 0) is 38.1 Å². The van der Waals surface area contributed by atoms with Crippen LogP contribution in [0.4, 0.5) is 0 Å². The molecule has 1 saturated carbocycles. The summed E-state index contributed by atoms with van der Waals surface area (Å²) in [5, 5.41) is 6.82. The van der Waals surface area contributed by atoms with E-state index in [0.717, 1.165) is 25.6 Å². The fourth-order valence-electron chi connectivity index (χ4n) is 3.99. The normalized spacial score (nSPS) is 33.1. The predicted molar refractivity (Wildman–Crippen MR) is 76.0 cm³/mol. The molecular formula is C15H27N3O. The van der Waals surface area contributed by atoms with Gasteiger partial charge in [-0.1, -0.05) is 19.3 Å². The molecule has 0 aromatic carbocycles. The van der Waals surface area contributed by atoms with Crippen LogP contribution in [0.5, 0.6) is 0 Å². The molecule has 1 aliphatic carbocycles. The maximum absolute atomic E-state index is 12.1. The highest BCUT2D eigenvalue weighted by Crippen LogP contribution is 2.24. The third-order valence-electron chi connectivity index (χ3n) is 5.01. The first-order valence-electron chi connectivity index (χ1n) is 8.06. The van der Waals surface area contributed by atoms with Crippen molar-refractivity contribution in [3.05, 3.63) is 0 Å². The SMILES string of the molecule is O=C(CN1C[C@@H]2CCCN[C@@H]2C1)NC1CCCCC1. The number of nitrogens with zero attached hydrogens (tertiary/aromatic N) is 1. The highest BCUT2D eigenvalue weighted by atomic mass is 16.2. The van der Waals surface area contributed by atoms with Crippen molar-refractivity contribution in [2.75, 3.05) is 26.2 Å². The van der Waals surface area contributed by atoms with Crippen LogP contribution in [0.25, 0.3) is 0 Å². The Morgan fingerprint density at radius 1 is 1.11 bits per heavy atom. The monoisotopic (exact) mass is 265 g/mol. The van der Waals surface area contributed by atoms with Gasteiger partial charge in [0.2, 0.25) is 5.91 Å². The minimum atomic E-state index is 0.241. The van der Waals surface area contributed by atoms with Crippen molar-refractivity contribution >= 4 is 5.91 Å². The van der Waals surface area contributed by atoms with Crippen LogP contribution in [0.2, 0.25) is 0 Å². The van der Waals surface area contributed by atoms with Gasteiger partial charge in [0, 0.05) is 25.2 Å². The lowest BCUT2D eigenvalue weighted by Crippen LogP contribution is -2.43. The van der Waals surface area contributed by atoms with Crippen molar-refractivity contribution in [1.29, 1.82) is 0 Å². The Morgan fingerprint density at radius 3 is 2.74 bits per heavy atom. The van der Waals surface area contributed by atoms with Crippen molar-refractivity contribution in [2.24, 2.45) is 5.92 Å². The van der Waals surface area contributed by atoms with Crippen LogP contribution in [0, 0.1) is 5.92 Å². The molecule has 0 aromatic heterocycles. The summed E-state index contributed by atoms with van der Waals surface area (Å²) in [4.78, 5) is 14.4. The summed E-state index contributed by atoms with van der Waals surface area (Å²) in [5.41, 5.74) is 0. The molecule has 0 unspecified atom stereocenters. The van der Waals surface area contributed by atoms with Gasteiger partial charge in [0.1, 0.15) is 0 Å². The van der Waals surface area contributed by atoms with Gasteiger partial charge in [0.05, 0.1) is 6.54 Å². The Hall–Kier alpha value is -0.610. The molecular weight excluding hydrogens is 238 g/mol. The summed E-state index contributed by atoms with van der Waals surface area (Å²) >= 11 is 0. The first-order valence-corrected chi connectivity index (χ1v) is 8.06. The number of hydrogen-bond acceptors (Lipinski definition) is 3. The van der Waals surface area contributed by atoms with Crippen LogP contribution in [0.3, 0.4) is 0 Å². The third-order valence-corrected chi connectivity index (χ3v) is 5.01. The molecule has 108 valence electrons. The molecule has 3 fully saturated rings. The third kappa shape index (κ3) is 3.48. The molecule has 2 atom stereocenters. The van der Waals surface area contributed by atoms with E-state index in [1.165, 1.54) is 44.9 Å². The molecule has 4 nitrogen and oxygen atoms in total.